The minimum Gasteiger partial charge on any atom is -0.493 e. The molecule has 1 aromatic heterocycles. The summed E-state index contributed by atoms with van der Waals surface area (Å²) in [5.41, 5.74) is 2.01. The number of benzene rings is 2. The van der Waals surface area contributed by atoms with Crippen LogP contribution in [0.2, 0.25) is 0 Å². The lowest BCUT2D eigenvalue weighted by atomic mass is 9.98. The molecular formula is C26H32N4O4. The third-order valence-electron chi connectivity index (χ3n) is 5.65. The second kappa shape index (κ2) is 13.2. The fourth-order valence-corrected chi connectivity index (χ4v) is 3.83. The monoisotopic (exact) mass is 464 g/mol. The lowest BCUT2D eigenvalue weighted by molar-refractivity contribution is -0.136. The van der Waals surface area contributed by atoms with Gasteiger partial charge < -0.3 is 9.84 Å². The van der Waals surface area contributed by atoms with Crippen molar-refractivity contribution >= 4 is 11.8 Å². The fraction of sp³-hybridized carbons (Fsp3) is 0.423. The predicted octanol–water partition coefficient (Wildman–Crippen LogP) is 5.24. The first-order valence-electron chi connectivity index (χ1n) is 11.9. The van der Waals surface area contributed by atoms with Crippen LogP contribution in [0.25, 0.3) is 11.4 Å². The van der Waals surface area contributed by atoms with E-state index in [9.17, 15) is 14.7 Å². The molecule has 0 atom stereocenters. The molecule has 0 aliphatic carbocycles. The van der Waals surface area contributed by atoms with Gasteiger partial charge in [0.15, 0.2) is 5.78 Å². The van der Waals surface area contributed by atoms with Crippen LogP contribution in [0.4, 0.5) is 0 Å². The number of aromatic amines is 1. The Morgan fingerprint density at radius 1 is 0.941 bits per heavy atom. The Bertz CT molecular complexity index is 1070. The molecule has 8 nitrogen and oxygen atoms in total. The van der Waals surface area contributed by atoms with Crippen molar-refractivity contribution in [2.75, 3.05) is 6.61 Å². The van der Waals surface area contributed by atoms with E-state index < -0.39 is 5.97 Å². The maximum atomic E-state index is 13.1. The summed E-state index contributed by atoms with van der Waals surface area (Å²) in [6, 6.07) is 11.9. The Balaban J connectivity index is 1.62. The SMILES string of the molecule is CCCCCCCCCCOc1ccc(C(=O)c2cccc(-c3nn[nH]n3)c2)cc1CC(=O)O. The number of carbonyl (C=O) groups is 2. The van der Waals surface area contributed by atoms with Gasteiger partial charge in [0.2, 0.25) is 5.82 Å². The van der Waals surface area contributed by atoms with E-state index in [-0.39, 0.29) is 12.2 Å². The number of hydrogen-bond donors (Lipinski definition) is 2. The number of rotatable bonds is 15. The molecule has 3 rings (SSSR count). The fourth-order valence-electron chi connectivity index (χ4n) is 3.83. The molecule has 2 aromatic carbocycles. The minimum absolute atomic E-state index is 0.212. The Kier molecular flexibility index (Phi) is 9.76. The number of hydrogen-bond acceptors (Lipinski definition) is 6. The molecule has 0 fully saturated rings. The van der Waals surface area contributed by atoms with Crippen molar-refractivity contribution in [3.8, 4) is 17.1 Å². The van der Waals surface area contributed by atoms with Crippen LogP contribution in [0.15, 0.2) is 42.5 Å². The highest BCUT2D eigenvalue weighted by molar-refractivity contribution is 6.09. The van der Waals surface area contributed by atoms with Gasteiger partial charge in [-0.05, 0) is 35.9 Å². The van der Waals surface area contributed by atoms with Gasteiger partial charge in [-0.3, -0.25) is 9.59 Å². The maximum absolute atomic E-state index is 13.1. The van der Waals surface area contributed by atoms with Crippen LogP contribution in [-0.4, -0.2) is 44.1 Å². The van der Waals surface area contributed by atoms with E-state index in [0.717, 1.165) is 12.8 Å². The highest BCUT2D eigenvalue weighted by Gasteiger charge is 2.16. The first-order chi connectivity index (χ1) is 16.6. The van der Waals surface area contributed by atoms with E-state index >= 15 is 0 Å². The van der Waals surface area contributed by atoms with Gasteiger partial charge in [-0.25, -0.2) is 0 Å². The number of carbonyl (C=O) groups excluding carboxylic acids is 1. The number of aromatic nitrogens is 4. The van der Waals surface area contributed by atoms with Crippen molar-refractivity contribution in [2.45, 2.75) is 64.7 Å². The Morgan fingerprint density at radius 2 is 1.68 bits per heavy atom. The summed E-state index contributed by atoms with van der Waals surface area (Å²) < 4.78 is 5.89. The highest BCUT2D eigenvalue weighted by atomic mass is 16.5. The van der Waals surface area contributed by atoms with Crippen molar-refractivity contribution in [3.05, 3.63) is 59.2 Å². The lowest BCUT2D eigenvalue weighted by Crippen LogP contribution is -2.08. The molecule has 0 amide bonds. The normalized spacial score (nSPS) is 10.9. The van der Waals surface area contributed by atoms with Crippen molar-refractivity contribution in [2.24, 2.45) is 0 Å². The van der Waals surface area contributed by atoms with E-state index in [1.54, 1.807) is 42.5 Å². The number of aliphatic carboxylic acids is 1. The Labute approximate surface area is 199 Å². The summed E-state index contributed by atoms with van der Waals surface area (Å²) >= 11 is 0. The average molecular weight is 465 g/mol. The zero-order valence-corrected chi connectivity index (χ0v) is 19.6. The van der Waals surface area contributed by atoms with E-state index in [1.165, 1.54) is 38.5 Å². The van der Waals surface area contributed by atoms with Crippen LogP contribution in [0.5, 0.6) is 5.75 Å². The molecule has 0 saturated heterocycles. The third kappa shape index (κ3) is 7.50. The van der Waals surface area contributed by atoms with E-state index in [1.807, 2.05) is 0 Å². The Hall–Kier alpha value is -3.55. The summed E-state index contributed by atoms with van der Waals surface area (Å²) in [6.45, 7) is 2.75. The smallest absolute Gasteiger partial charge is 0.307 e. The molecule has 0 aliphatic heterocycles. The predicted molar refractivity (Wildman–Crippen MR) is 129 cm³/mol. The second-order valence-corrected chi connectivity index (χ2v) is 8.36. The zero-order valence-electron chi connectivity index (χ0n) is 19.6. The van der Waals surface area contributed by atoms with Crippen LogP contribution in [0, 0.1) is 0 Å². The summed E-state index contributed by atoms with van der Waals surface area (Å²) in [5.74, 6) is -0.277. The van der Waals surface area contributed by atoms with Crippen molar-refractivity contribution in [3.63, 3.8) is 0 Å². The number of carboxylic acids is 1. The van der Waals surface area contributed by atoms with Gasteiger partial charge in [0.05, 0.1) is 13.0 Å². The molecule has 0 aliphatic rings. The summed E-state index contributed by atoms with van der Waals surface area (Å²) in [6.07, 6.45) is 9.37. The molecular weight excluding hydrogens is 432 g/mol. The number of nitrogens with one attached hydrogen (secondary N) is 1. The van der Waals surface area contributed by atoms with Gasteiger partial charge in [-0.1, -0.05) is 70.1 Å². The topological polar surface area (TPSA) is 118 Å². The number of ether oxygens (including phenoxy) is 1. The quantitative estimate of drug-likeness (QED) is 0.233. The maximum Gasteiger partial charge on any atom is 0.307 e. The minimum atomic E-state index is -0.972. The largest absolute Gasteiger partial charge is 0.493 e. The van der Waals surface area contributed by atoms with Gasteiger partial charge in [-0.15, -0.1) is 10.2 Å². The van der Waals surface area contributed by atoms with Gasteiger partial charge in [-0.2, -0.15) is 5.21 Å². The molecule has 3 aromatic rings. The van der Waals surface area contributed by atoms with Crippen molar-refractivity contribution in [1.29, 1.82) is 0 Å². The standard InChI is InChI=1S/C26H32N4O4/c1-2-3-4-5-6-7-8-9-15-34-23-14-13-20(17-22(23)18-24(31)32)25(33)19-11-10-12-21(16-19)26-27-29-30-28-26/h10-14,16-17H,2-9,15,18H2,1H3,(H,31,32)(H,27,28,29,30). The molecule has 8 heteroatoms. The van der Waals surface area contributed by atoms with E-state index in [2.05, 4.69) is 27.5 Å². The molecule has 180 valence electrons. The number of ketones is 1. The molecule has 0 spiro atoms. The molecule has 0 bridgehead atoms. The molecule has 0 radical (unpaired) electrons. The lowest BCUT2D eigenvalue weighted by Gasteiger charge is -2.12. The van der Waals surface area contributed by atoms with E-state index in [4.69, 9.17) is 4.74 Å². The van der Waals surface area contributed by atoms with Crippen LogP contribution >= 0.6 is 0 Å². The first kappa shape index (κ1) is 25.1. The zero-order chi connectivity index (χ0) is 24.2. The first-order valence-corrected chi connectivity index (χ1v) is 11.9. The van der Waals surface area contributed by atoms with Gasteiger partial charge in [0.25, 0.3) is 0 Å². The number of H-pyrrole nitrogens is 1. The second-order valence-electron chi connectivity index (χ2n) is 8.36. The summed E-state index contributed by atoms with van der Waals surface area (Å²) in [4.78, 5) is 24.5. The number of carboxylic acid groups (broad SMARTS) is 1. The average Bonchev–Trinajstić information content (AvgIpc) is 3.38. The molecule has 2 N–H and O–H groups in total. The summed E-state index contributed by atoms with van der Waals surface area (Å²) in [5, 5.41) is 23.2. The van der Waals surface area contributed by atoms with E-state index in [0.29, 0.717) is 40.4 Å². The van der Waals surface area contributed by atoms with Crippen LogP contribution in [0.3, 0.4) is 0 Å². The van der Waals surface area contributed by atoms with Crippen LogP contribution < -0.4 is 4.74 Å². The number of tetrazole rings is 1. The molecule has 0 saturated carbocycles. The van der Waals surface area contributed by atoms with Crippen LogP contribution in [-0.2, 0) is 11.2 Å². The van der Waals surface area contributed by atoms with Gasteiger partial charge in [0, 0.05) is 22.3 Å². The van der Waals surface area contributed by atoms with Gasteiger partial charge >= 0.3 is 5.97 Å². The molecule has 34 heavy (non-hydrogen) atoms. The molecule has 0 unspecified atom stereocenters. The summed E-state index contributed by atoms with van der Waals surface area (Å²) in [7, 11) is 0. The third-order valence-corrected chi connectivity index (χ3v) is 5.65. The highest BCUT2D eigenvalue weighted by Crippen LogP contribution is 2.24. The number of unbranched alkanes of at least 4 members (excludes halogenated alkanes) is 7. The number of nitrogens with zero attached hydrogens (tertiary/aromatic N) is 3. The van der Waals surface area contributed by atoms with Crippen LogP contribution in [0.1, 0.15) is 79.8 Å². The molecule has 1 heterocycles. The van der Waals surface area contributed by atoms with Gasteiger partial charge in [0.1, 0.15) is 5.75 Å². The van der Waals surface area contributed by atoms with Crippen molar-refractivity contribution < 1.29 is 19.4 Å². The Morgan fingerprint density at radius 3 is 2.38 bits per heavy atom. The van der Waals surface area contributed by atoms with Crippen molar-refractivity contribution in [1.82, 2.24) is 20.6 Å².